The molecule has 2 saturated heterocycles. The van der Waals surface area contributed by atoms with Crippen LogP contribution in [-0.2, 0) is 9.53 Å². The molecule has 2 aromatic heterocycles. The third kappa shape index (κ3) is 2.96. The molecule has 0 unspecified atom stereocenters. The van der Waals surface area contributed by atoms with Gasteiger partial charge in [-0.3, -0.25) is 9.48 Å². The molecular formula is C20H22N6O3. The van der Waals surface area contributed by atoms with E-state index in [9.17, 15) is 4.79 Å². The second-order valence-electron chi connectivity index (χ2n) is 8.03. The zero-order valence-corrected chi connectivity index (χ0v) is 16.0. The standard InChI is InChI=1S/C20H22N6O3/c27-19(13-1-2-13)24-5-7-25(8-6-24)20-23-22-18(29-20)14-3-4-15-10-21-26(17(15)9-14)16-11-28-12-16/h3-4,9-10,13,16H,1-2,5-8,11-12H2. The number of carbonyl (C=O) groups is 1. The van der Waals surface area contributed by atoms with Crippen molar-refractivity contribution in [2.24, 2.45) is 5.92 Å². The van der Waals surface area contributed by atoms with Crippen molar-refractivity contribution >= 4 is 22.8 Å². The maximum atomic E-state index is 12.2. The molecule has 1 saturated carbocycles. The van der Waals surface area contributed by atoms with Crippen molar-refractivity contribution in [3.05, 3.63) is 24.4 Å². The van der Waals surface area contributed by atoms with E-state index < -0.39 is 0 Å². The third-order valence-corrected chi connectivity index (χ3v) is 6.01. The third-order valence-electron chi connectivity index (χ3n) is 6.01. The first-order valence-corrected chi connectivity index (χ1v) is 10.2. The lowest BCUT2D eigenvalue weighted by Crippen LogP contribution is -2.49. The summed E-state index contributed by atoms with van der Waals surface area (Å²) >= 11 is 0. The molecule has 29 heavy (non-hydrogen) atoms. The summed E-state index contributed by atoms with van der Waals surface area (Å²) in [6.45, 7) is 4.24. The summed E-state index contributed by atoms with van der Waals surface area (Å²) in [4.78, 5) is 16.2. The topological polar surface area (TPSA) is 89.5 Å². The molecular weight excluding hydrogens is 372 g/mol. The van der Waals surface area contributed by atoms with Crippen molar-refractivity contribution in [1.82, 2.24) is 24.9 Å². The lowest BCUT2D eigenvalue weighted by molar-refractivity contribution is -0.132. The fraction of sp³-hybridized carbons (Fsp3) is 0.500. The normalized spacial score (nSPS) is 20.3. The van der Waals surface area contributed by atoms with E-state index in [2.05, 4.69) is 20.2 Å². The van der Waals surface area contributed by atoms with E-state index in [0.717, 1.165) is 29.3 Å². The van der Waals surface area contributed by atoms with Crippen molar-refractivity contribution in [3.63, 3.8) is 0 Å². The van der Waals surface area contributed by atoms with E-state index in [4.69, 9.17) is 9.15 Å². The molecule has 0 N–H and O–H groups in total. The molecule has 4 heterocycles. The molecule has 1 aromatic carbocycles. The van der Waals surface area contributed by atoms with Gasteiger partial charge in [-0.1, -0.05) is 11.2 Å². The number of benzene rings is 1. The number of hydrogen-bond acceptors (Lipinski definition) is 7. The van der Waals surface area contributed by atoms with Gasteiger partial charge in [-0.25, -0.2) is 0 Å². The molecule has 3 fully saturated rings. The molecule has 3 aliphatic rings. The quantitative estimate of drug-likeness (QED) is 0.665. The highest BCUT2D eigenvalue weighted by Crippen LogP contribution is 2.32. The van der Waals surface area contributed by atoms with Crippen LogP contribution in [0.5, 0.6) is 0 Å². The molecule has 1 aliphatic carbocycles. The lowest BCUT2D eigenvalue weighted by atomic mass is 10.1. The number of amides is 1. The van der Waals surface area contributed by atoms with Crippen LogP contribution in [0.15, 0.2) is 28.8 Å². The number of carbonyl (C=O) groups excluding carboxylic acids is 1. The number of fused-ring (bicyclic) bond motifs is 1. The first kappa shape index (κ1) is 17.0. The molecule has 150 valence electrons. The molecule has 0 bridgehead atoms. The Balaban J connectivity index is 1.20. The SMILES string of the molecule is O=C(C1CC1)N1CCN(c2nnc(-c3ccc4cnn(C5COC5)c4c3)o2)CC1. The average Bonchev–Trinajstić information content (AvgIpc) is 3.31. The van der Waals surface area contributed by atoms with Crippen LogP contribution in [0, 0.1) is 5.92 Å². The van der Waals surface area contributed by atoms with E-state index in [1.54, 1.807) is 0 Å². The minimum absolute atomic E-state index is 0.270. The van der Waals surface area contributed by atoms with Gasteiger partial charge in [-0.05, 0) is 25.0 Å². The Labute approximate surface area is 167 Å². The molecule has 3 aromatic rings. The summed E-state index contributed by atoms with van der Waals surface area (Å²) in [5, 5.41) is 14.1. The predicted octanol–water partition coefficient (Wildman–Crippen LogP) is 1.72. The maximum absolute atomic E-state index is 12.2. The smallest absolute Gasteiger partial charge is 0.318 e. The van der Waals surface area contributed by atoms with Crippen LogP contribution < -0.4 is 4.90 Å². The molecule has 9 heteroatoms. The highest BCUT2D eigenvalue weighted by molar-refractivity contribution is 5.83. The molecule has 0 atom stereocenters. The number of piperazine rings is 1. The zero-order chi connectivity index (χ0) is 19.4. The minimum Gasteiger partial charge on any atom is -0.403 e. The Kier molecular flexibility index (Phi) is 3.83. The Morgan fingerprint density at radius 2 is 1.90 bits per heavy atom. The summed E-state index contributed by atoms with van der Waals surface area (Å²) in [5.74, 6) is 1.07. The molecule has 6 rings (SSSR count). The van der Waals surface area contributed by atoms with Crippen LogP contribution >= 0.6 is 0 Å². The molecule has 9 nitrogen and oxygen atoms in total. The summed E-state index contributed by atoms with van der Waals surface area (Å²) in [5.41, 5.74) is 1.92. The molecule has 1 amide bonds. The second kappa shape index (κ2) is 6.55. The number of ether oxygens (including phenoxy) is 1. The van der Waals surface area contributed by atoms with Crippen molar-refractivity contribution in [1.29, 1.82) is 0 Å². The molecule has 0 spiro atoms. The van der Waals surface area contributed by atoms with Gasteiger partial charge in [0.05, 0.1) is 31.0 Å². The van der Waals surface area contributed by atoms with E-state index in [1.165, 1.54) is 0 Å². The van der Waals surface area contributed by atoms with E-state index in [-0.39, 0.29) is 12.0 Å². The van der Waals surface area contributed by atoms with Crippen LogP contribution in [0.25, 0.3) is 22.4 Å². The van der Waals surface area contributed by atoms with E-state index >= 15 is 0 Å². The van der Waals surface area contributed by atoms with Gasteiger partial charge in [0.15, 0.2) is 0 Å². The highest BCUT2D eigenvalue weighted by atomic mass is 16.5. The van der Waals surface area contributed by atoms with Crippen LogP contribution in [0.1, 0.15) is 18.9 Å². The number of hydrogen-bond donors (Lipinski definition) is 0. The molecule has 2 aliphatic heterocycles. The second-order valence-corrected chi connectivity index (χ2v) is 8.03. The summed E-state index contributed by atoms with van der Waals surface area (Å²) in [6, 6.07) is 6.86. The van der Waals surface area contributed by atoms with E-state index in [0.29, 0.717) is 57.2 Å². The Hall–Kier alpha value is -2.94. The summed E-state index contributed by atoms with van der Waals surface area (Å²) < 4.78 is 13.3. The first-order chi connectivity index (χ1) is 14.3. The molecule has 0 radical (unpaired) electrons. The predicted molar refractivity (Wildman–Crippen MR) is 104 cm³/mol. The fourth-order valence-corrected chi connectivity index (χ4v) is 3.99. The van der Waals surface area contributed by atoms with Crippen molar-refractivity contribution in [3.8, 4) is 11.5 Å². The maximum Gasteiger partial charge on any atom is 0.318 e. The lowest BCUT2D eigenvalue weighted by Gasteiger charge is -2.33. The van der Waals surface area contributed by atoms with Crippen LogP contribution in [0.2, 0.25) is 0 Å². The monoisotopic (exact) mass is 394 g/mol. The minimum atomic E-state index is 0.270. The first-order valence-electron chi connectivity index (χ1n) is 10.2. The number of rotatable bonds is 4. The number of aromatic nitrogens is 4. The number of nitrogens with zero attached hydrogens (tertiary/aromatic N) is 6. The summed E-state index contributed by atoms with van der Waals surface area (Å²) in [7, 11) is 0. The Morgan fingerprint density at radius 3 is 2.62 bits per heavy atom. The van der Waals surface area contributed by atoms with Crippen molar-refractivity contribution < 1.29 is 13.9 Å². The number of anilines is 1. The van der Waals surface area contributed by atoms with Gasteiger partial charge in [0.25, 0.3) is 0 Å². The van der Waals surface area contributed by atoms with Gasteiger partial charge < -0.3 is 19.0 Å². The van der Waals surface area contributed by atoms with Gasteiger partial charge in [-0.15, -0.1) is 5.10 Å². The fourth-order valence-electron chi connectivity index (χ4n) is 3.99. The largest absolute Gasteiger partial charge is 0.403 e. The highest BCUT2D eigenvalue weighted by Gasteiger charge is 2.35. The van der Waals surface area contributed by atoms with Crippen LogP contribution in [0.4, 0.5) is 6.01 Å². The summed E-state index contributed by atoms with van der Waals surface area (Å²) in [6.07, 6.45) is 3.96. The van der Waals surface area contributed by atoms with Gasteiger partial charge in [0, 0.05) is 43.0 Å². The Bertz CT molecular complexity index is 1060. The average molecular weight is 394 g/mol. The zero-order valence-electron chi connectivity index (χ0n) is 16.0. The van der Waals surface area contributed by atoms with Crippen molar-refractivity contribution in [2.75, 3.05) is 44.3 Å². The van der Waals surface area contributed by atoms with Crippen LogP contribution in [-0.4, -0.2) is 70.2 Å². The van der Waals surface area contributed by atoms with Crippen LogP contribution in [0.3, 0.4) is 0 Å². The Morgan fingerprint density at radius 1 is 1.07 bits per heavy atom. The van der Waals surface area contributed by atoms with Gasteiger partial charge in [-0.2, -0.15) is 5.10 Å². The van der Waals surface area contributed by atoms with Gasteiger partial charge in [0.2, 0.25) is 11.8 Å². The van der Waals surface area contributed by atoms with Gasteiger partial charge >= 0.3 is 6.01 Å². The van der Waals surface area contributed by atoms with Gasteiger partial charge in [0.1, 0.15) is 0 Å². The van der Waals surface area contributed by atoms with E-state index in [1.807, 2.05) is 34.0 Å². The van der Waals surface area contributed by atoms with Crippen molar-refractivity contribution in [2.45, 2.75) is 18.9 Å².